The van der Waals surface area contributed by atoms with Gasteiger partial charge in [0.1, 0.15) is 17.7 Å². The van der Waals surface area contributed by atoms with Gasteiger partial charge in [0, 0.05) is 19.3 Å². The monoisotopic (exact) mass is 322 g/mol. The summed E-state index contributed by atoms with van der Waals surface area (Å²) >= 11 is 1.66. The minimum Gasteiger partial charge on any atom is -0.378 e. The van der Waals surface area contributed by atoms with Crippen LogP contribution in [0.15, 0.2) is 36.0 Å². The lowest BCUT2D eigenvalue weighted by Crippen LogP contribution is -2.36. The van der Waals surface area contributed by atoms with Gasteiger partial charge in [0.15, 0.2) is 5.13 Å². The minimum absolute atomic E-state index is 0.102. The highest BCUT2D eigenvalue weighted by atomic mass is 32.1. The summed E-state index contributed by atoms with van der Waals surface area (Å²) in [7, 11) is 0. The second kappa shape index (κ2) is 7.06. The molecule has 3 rings (SSSR count). The molecule has 1 saturated heterocycles. The van der Waals surface area contributed by atoms with Gasteiger partial charge in [-0.3, -0.25) is 0 Å². The number of thiazole rings is 1. The maximum absolute atomic E-state index is 8.79. The largest absolute Gasteiger partial charge is 0.378 e. The third-order valence-electron chi connectivity index (χ3n) is 3.52. The van der Waals surface area contributed by atoms with Crippen molar-refractivity contribution in [3.8, 4) is 22.6 Å². The summed E-state index contributed by atoms with van der Waals surface area (Å²) in [6, 6.07) is 11.5. The summed E-state index contributed by atoms with van der Waals surface area (Å²) in [6.45, 7) is 3.25. The second-order valence-electron chi connectivity index (χ2n) is 5.01. The highest BCUT2D eigenvalue weighted by Gasteiger charge is 2.15. The van der Waals surface area contributed by atoms with Crippen LogP contribution in [0.5, 0.6) is 0 Å². The second-order valence-corrected chi connectivity index (χ2v) is 6.02. The minimum atomic E-state index is 0.102. The Morgan fingerprint density at radius 3 is 2.52 bits per heavy atom. The van der Waals surface area contributed by atoms with Crippen LogP contribution in [0.1, 0.15) is 5.56 Å². The highest BCUT2D eigenvalue weighted by Crippen LogP contribution is 2.31. The van der Waals surface area contributed by atoms with E-state index >= 15 is 0 Å². The molecular weight excluding hydrogens is 308 g/mol. The van der Waals surface area contributed by atoms with Crippen molar-refractivity contribution in [3.05, 3.63) is 41.6 Å². The van der Waals surface area contributed by atoms with Crippen LogP contribution in [0, 0.1) is 22.7 Å². The highest BCUT2D eigenvalue weighted by molar-refractivity contribution is 7.18. The van der Waals surface area contributed by atoms with Gasteiger partial charge >= 0.3 is 0 Å². The van der Waals surface area contributed by atoms with Crippen molar-refractivity contribution in [2.24, 2.45) is 0 Å². The fraction of sp³-hybridized carbons (Fsp3) is 0.235. The Labute approximate surface area is 138 Å². The topological polar surface area (TPSA) is 72.9 Å². The van der Waals surface area contributed by atoms with E-state index in [1.54, 1.807) is 17.4 Å². The quantitative estimate of drug-likeness (QED) is 0.812. The third-order valence-corrected chi connectivity index (χ3v) is 4.63. The summed E-state index contributed by atoms with van der Waals surface area (Å²) in [5.41, 5.74) is 2.02. The molecule has 23 heavy (non-hydrogen) atoms. The van der Waals surface area contributed by atoms with E-state index in [9.17, 15) is 0 Å². The first-order valence-corrected chi connectivity index (χ1v) is 8.02. The number of hydrogen-bond acceptors (Lipinski definition) is 6. The van der Waals surface area contributed by atoms with Crippen molar-refractivity contribution in [2.75, 3.05) is 31.2 Å². The van der Waals surface area contributed by atoms with E-state index in [4.69, 9.17) is 15.3 Å². The number of hydrogen-bond donors (Lipinski definition) is 0. The zero-order chi connectivity index (χ0) is 16.1. The summed E-state index contributed by atoms with van der Waals surface area (Å²) in [5.74, 6) is 0. The lowest BCUT2D eigenvalue weighted by Gasteiger charge is -2.25. The Morgan fingerprint density at radius 2 is 1.87 bits per heavy atom. The maximum atomic E-state index is 8.79. The third kappa shape index (κ3) is 3.57. The number of morpholine rings is 1. The van der Waals surface area contributed by atoms with Crippen LogP contribution in [0.3, 0.4) is 0 Å². The smallest absolute Gasteiger partial charge is 0.186 e. The van der Waals surface area contributed by atoms with Gasteiger partial charge in [-0.2, -0.15) is 10.5 Å². The Bertz CT molecular complexity index is 773. The average Bonchev–Trinajstić information content (AvgIpc) is 3.11. The number of ether oxygens (including phenoxy) is 1. The van der Waals surface area contributed by atoms with E-state index in [0.717, 1.165) is 47.4 Å². The van der Waals surface area contributed by atoms with Gasteiger partial charge in [0.05, 0.1) is 18.1 Å². The molecule has 114 valence electrons. The van der Waals surface area contributed by atoms with E-state index in [1.165, 1.54) is 0 Å². The lowest BCUT2D eigenvalue weighted by molar-refractivity contribution is 0.122. The number of nitrogens with zero attached hydrogens (tertiary/aromatic N) is 4. The van der Waals surface area contributed by atoms with Gasteiger partial charge < -0.3 is 9.64 Å². The Balaban J connectivity index is 1.78. The Kier molecular flexibility index (Phi) is 4.68. The van der Waals surface area contributed by atoms with Crippen LogP contribution in [0.4, 0.5) is 5.13 Å². The average molecular weight is 322 g/mol. The van der Waals surface area contributed by atoms with Gasteiger partial charge in [-0.15, -0.1) is 0 Å². The molecule has 1 aliphatic rings. The summed E-state index contributed by atoms with van der Waals surface area (Å²) in [4.78, 5) is 7.84. The molecule has 0 bridgehead atoms. The van der Waals surface area contributed by atoms with E-state index in [1.807, 2.05) is 42.6 Å². The molecule has 5 nitrogen and oxygen atoms in total. The van der Waals surface area contributed by atoms with Gasteiger partial charge in [-0.1, -0.05) is 35.6 Å². The fourth-order valence-corrected chi connectivity index (χ4v) is 3.27. The first-order chi connectivity index (χ1) is 11.3. The summed E-state index contributed by atoms with van der Waals surface area (Å²) in [6.07, 6.45) is 3.46. The molecule has 0 radical (unpaired) electrons. The van der Waals surface area contributed by atoms with E-state index in [2.05, 4.69) is 9.88 Å². The fourth-order valence-electron chi connectivity index (χ4n) is 2.30. The van der Waals surface area contributed by atoms with Gasteiger partial charge in [-0.25, -0.2) is 4.98 Å². The molecule has 0 aliphatic carbocycles. The van der Waals surface area contributed by atoms with Gasteiger partial charge in [0.2, 0.25) is 0 Å². The molecule has 1 aliphatic heterocycles. The number of allylic oxidation sites excluding steroid dienone is 1. The molecule has 2 heterocycles. The molecule has 0 saturated carbocycles. The van der Waals surface area contributed by atoms with E-state index in [0.29, 0.717) is 0 Å². The molecule has 0 unspecified atom stereocenters. The molecule has 6 heteroatoms. The molecule has 1 aromatic carbocycles. The lowest BCUT2D eigenvalue weighted by atomic mass is 10.1. The van der Waals surface area contributed by atoms with Crippen molar-refractivity contribution in [1.29, 1.82) is 10.5 Å². The molecule has 0 spiro atoms. The summed E-state index contributed by atoms with van der Waals surface area (Å²) in [5, 5.41) is 18.6. The van der Waals surface area contributed by atoms with Gasteiger partial charge in [-0.05, 0) is 17.2 Å². The summed E-state index contributed by atoms with van der Waals surface area (Å²) < 4.78 is 5.36. The normalized spacial score (nSPS) is 13.9. The van der Waals surface area contributed by atoms with Crippen molar-refractivity contribution in [3.63, 3.8) is 0 Å². The Hall–Kier alpha value is -2.67. The SMILES string of the molecule is N#CC(C#N)=Cc1ccc(-c2cnc(N3CCOCC3)s2)cc1. The first-order valence-electron chi connectivity index (χ1n) is 7.21. The van der Waals surface area contributed by atoms with Crippen LogP contribution in [0.25, 0.3) is 16.5 Å². The molecule has 0 N–H and O–H groups in total. The standard InChI is InChI=1S/C17H14N4OS/c18-10-14(11-19)9-13-1-3-15(4-2-13)16-12-20-17(23-16)21-5-7-22-8-6-21/h1-4,9,12H,5-8H2. The van der Waals surface area contributed by atoms with Gasteiger partial charge in [0.25, 0.3) is 0 Å². The molecule has 2 aromatic rings. The van der Waals surface area contributed by atoms with Crippen molar-refractivity contribution in [1.82, 2.24) is 4.98 Å². The Morgan fingerprint density at radius 1 is 1.17 bits per heavy atom. The van der Waals surface area contributed by atoms with Crippen LogP contribution >= 0.6 is 11.3 Å². The molecule has 1 aromatic heterocycles. The van der Waals surface area contributed by atoms with E-state index in [-0.39, 0.29) is 5.57 Å². The van der Waals surface area contributed by atoms with Crippen molar-refractivity contribution in [2.45, 2.75) is 0 Å². The van der Waals surface area contributed by atoms with Crippen LogP contribution in [-0.2, 0) is 4.74 Å². The number of benzene rings is 1. The van der Waals surface area contributed by atoms with Crippen LogP contribution in [-0.4, -0.2) is 31.3 Å². The number of anilines is 1. The first kappa shape index (κ1) is 15.2. The van der Waals surface area contributed by atoms with Crippen LogP contribution in [0.2, 0.25) is 0 Å². The maximum Gasteiger partial charge on any atom is 0.186 e. The number of aromatic nitrogens is 1. The molecule has 0 atom stereocenters. The van der Waals surface area contributed by atoms with Crippen LogP contribution < -0.4 is 4.90 Å². The molecular formula is C17H14N4OS. The number of rotatable bonds is 3. The zero-order valence-corrected chi connectivity index (χ0v) is 13.2. The predicted octanol–water partition coefficient (Wildman–Crippen LogP) is 3.08. The predicted molar refractivity (Wildman–Crippen MR) is 89.8 cm³/mol. The number of nitriles is 2. The molecule has 0 amide bonds. The molecule has 1 fully saturated rings. The van der Waals surface area contributed by atoms with Crippen molar-refractivity contribution < 1.29 is 4.74 Å². The van der Waals surface area contributed by atoms with E-state index < -0.39 is 0 Å². The zero-order valence-electron chi connectivity index (χ0n) is 12.4. The van der Waals surface area contributed by atoms with Crippen molar-refractivity contribution >= 4 is 22.5 Å².